The third kappa shape index (κ3) is 6.98. The number of amides is 2. The molecule has 1 fully saturated rings. The van der Waals surface area contributed by atoms with Gasteiger partial charge in [0.2, 0.25) is 5.91 Å². The van der Waals surface area contributed by atoms with Gasteiger partial charge in [0, 0.05) is 22.6 Å². The van der Waals surface area contributed by atoms with Gasteiger partial charge in [-0.25, -0.2) is 0 Å². The maximum absolute atomic E-state index is 13.6. The summed E-state index contributed by atoms with van der Waals surface area (Å²) >= 11 is 16.2. The fourth-order valence-corrected chi connectivity index (χ4v) is 5.92. The minimum atomic E-state index is -0.648. The van der Waals surface area contributed by atoms with Crippen molar-refractivity contribution in [3.05, 3.63) is 74.7 Å². The number of nitrogens with zero attached hydrogens (tertiary/aromatic N) is 1. The number of fused-ring (bicyclic) bond motifs is 1. The molecule has 0 spiro atoms. The number of nitrogens with one attached hydrogen (secondary N) is 1. The number of carbonyl (C=O) groups excluding carboxylic acids is 2. The largest absolute Gasteiger partial charge is 0.483 e. The molecule has 0 heterocycles. The Bertz CT molecular complexity index is 1260. The highest BCUT2D eigenvalue weighted by Crippen LogP contribution is 2.33. The van der Waals surface area contributed by atoms with E-state index in [4.69, 9.17) is 27.9 Å². The van der Waals surface area contributed by atoms with Crippen molar-refractivity contribution in [3.63, 3.8) is 0 Å². The van der Waals surface area contributed by atoms with Crippen LogP contribution >= 0.6 is 39.1 Å². The second kappa shape index (κ2) is 13.0. The van der Waals surface area contributed by atoms with Crippen LogP contribution in [-0.4, -0.2) is 35.4 Å². The van der Waals surface area contributed by atoms with Gasteiger partial charge in [-0.3, -0.25) is 9.59 Å². The van der Waals surface area contributed by atoms with Crippen LogP contribution < -0.4 is 10.1 Å². The average Bonchev–Trinajstić information content (AvgIpc) is 2.90. The molecule has 3 aromatic carbocycles. The molecular formula is C29H31BrCl2N2O3. The van der Waals surface area contributed by atoms with Crippen LogP contribution in [0.2, 0.25) is 10.0 Å². The Kier molecular flexibility index (Phi) is 9.74. The quantitative estimate of drug-likeness (QED) is 0.274. The van der Waals surface area contributed by atoms with Crippen molar-refractivity contribution in [1.29, 1.82) is 0 Å². The molecule has 4 rings (SSSR count). The molecule has 0 bridgehead atoms. The highest BCUT2D eigenvalue weighted by molar-refractivity contribution is 9.10. The predicted molar refractivity (Wildman–Crippen MR) is 153 cm³/mol. The van der Waals surface area contributed by atoms with Crippen LogP contribution in [0.3, 0.4) is 0 Å². The maximum Gasteiger partial charge on any atom is 0.261 e. The average molecular weight is 606 g/mol. The van der Waals surface area contributed by atoms with Crippen LogP contribution in [0.25, 0.3) is 10.8 Å². The number of rotatable bonds is 9. The first kappa shape index (κ1) is 27.7. The second-order valence-corrected chi connectivity index (χ2v) is 11.0. The topological polar surface area (TPSA) is 58.6 Å². The van der Waals surface area contributed by atoms with E-state index in [0.717, 1.165) is 46.5 Å². The monoisotopic (exact) mass is 604 g/mol. The summed E-state index contributed by atoms with van der Waals surface area (Å²) in [7, 11) is 0. The number of benzene rings is 3. The molecule has 3 aromatic rings. The van der Waals surface area contributed by atoms with Gasteiger partial charge in [0.05, 0.1) is 4.47 Å². The minimum Gasteiger partial charge on any atom is -0.483 e. The van der Waals surface area contributed by atoms with Gasteiger partial charge >= 0.3 is 0 Å². The van der Waals surface area contributed by atoms with E-state index in [-0.39, 0.29) is 31.0 Å². The molecule has 8 heteroatoms. The normalized spacial score (nSPS) is 14.8. The van der Waals surface area contributed by atoms with Crippen molar-refractivity contribution >= 4 is 61.7 Å². The summed E-state index contributed by atoms with van der Waals surface area (Å²) in [5.74, 6) is 0.132. The van der Waals surface area contributed by atoms with Crippen molar-refractivity contribution in [2.75, 3.05) is 6.61 Å². The van der Waals surface area contributed by atoms with Crippen molar-refractivity contribution in [2.24, 2.45) is 0 Å². The number of carbonyl (C=O) groups is 2. The van der Waals surface area contributed by atoms with Gasteiger partial charge in [0.1, 0.15) is 11.8 Å². The van der Waals surface area contributed by atoms with E-state index in [1.165, 1.54) is 6.42 Å². The number of hydrogen-bond acceptors (Lipinski definition) is 3. The second-order valence-electron chi connectivity index (χ2n) is 9.41. The van der Waals surface area contributed by atoms with Crippen LogP contribution in [0, 0.1) is 0 Å². The zero-order valence-electron chi connectivity index (χ0n) is 20.8. The lowest BCUT2D eigenvalue weighted by molar-refractivity contribution is -0.143. The fraction of sp³-hybridized carbons (Fsp3) is 0.379. The number of ether oxygens (including phenoxy) is 1. The van der Waals surface area contributed by atoms with Crippen LogP contribution in [0.5, 0.6) is 5.75 Å². The van der Waals surface area contributed by atoms with Crippen LogP contribution in [-0.2, 0) is 16.1 Å². The van der Waals surface area contributed by atoms with Gasteiger partial charge in [-0.15, -0.1) is 0 Å². The summed E-state index contributed by atoms with van der Waals surface area (Å²) in [5.41, 5.74) is 0.718. The lowest BCUT2D eigenvalue weighted by Gasteiger charge is -2.33. The lowest BCUT2D eigenvalue weighted by atomic mass is 9.95. The van der Waals surface area contributed by atoms with E-state index < -0.39 is 6.04 Å². The first-order chi connectivity index (χ1) is 17.9. The van der Waals surface area contributed by atoms with E-state index in [2.05, 4.69) is 21.2 Å². The van der Waals surface area contributed by atoms with Crippen LogP contribution in [0.15, 0.2) is 59.1 Å². The Morgan fingerprint density at radius 2 is 1.84 bits per heavy atom. The first-order valence-corrected chi connectivity index (χ1v) is 14.3. The van der Waals surface area contributed by atoms with Crippen LogP contribution in [0.4, 0.5) is 0 Å². The summed E-state index contributed by atoms with van der Waals surface area (Å²) in [5, 5.41) is 6.21. The van der Waals surface area contributed by atoms with Gasteiger partial charge in [-0.1, -0.05) is 85.8 Å². The molecule has 1 saturated carbocycles. The molecule has 196 valence electrons. The van der Waals surface area contributed by atoms with Gasteiger partial charge in [0.15, 0.2) is 6.61 Å². The van der Waals surface area contributed by atoms with Crippen molar-refractivity contribution in [1.82, 2.24) is 10.2 Å². The van der Waals surface area contributed by atoms with Crippen molar-refractivity contribution in [3.8, 4) is 5.75 Å². The molecule has 5 nitrogen and oxygen atoms in total. The fourth-order valence-electron chi connectivity index (χ4n) is 4.84. The maximum atomic E-state index is 13.6. The molecule has 0 saturated heterocycles. The van der Waals surface area contributed by atoms with E-state index in [0.29, 0.717) is 22.2 Å². The Labute approximate surface area is 236 Å². The van der Waals surface area contributed by atoms with Crippen molar-refractivity contribution < 1.29 is 14.3 Å². The smallest absolute Gasteiger partial charge is 0.261 e. The minimum absolute atomic E-state index is 0.139. The van der Waals surface area contributed by atoms with Crippen LogP contribution in [0.1, 0.15) is 51.0 Å². The summed E-state index contributed by atoms with van der Waals surface area (Å²) in [4.78, 5) is 28.6. The zero-order valence-corrected chi connectivity index (χ0v) is 23.9. The molecule has 1 aliphatic carbocycles. The summed E-state index contributed by atoms with van der Waals surface area (Å²) in [6, 6.07) is 16.4. The summed E-state index contributed by atoms with van der Waals surface area (Å²) < 4.78 is 6.76. The molecule has 0 aliphatic heterocycles. The third-order valence-electron chi connectivity index (χ3n) is 6.87. The van der Waals surface area contributed by atoms with E-state index in [1.54, 1.807) is 23.1 Å². The third-order valence-corrected chi connectivity index (χ3v) is 8.28. The molecule has 1 aliphatic rings. The molecular weight excluding hydrogens is 575 g/mol. The zero-order chi connectivity index (χ0) is 26.4. The van der Waals surface area contributed by atoms with Gasteiger partial charge in [-0.05, 0) is 69.7 Å². The first-order valence-electron chi connectivity index (χ1n) is 12.7. The van der Waals surface area contributed by atoms with Gasteiger partial charge in [-0.2, -0.15) is 0 Å². The number of hydrogen-bond donors (Lipinski definition) is 1. The Hall–Kier alpha value is -2.28. The predicted octanol–water partition coefficient (Wildman–Crippen LogP) is 7.54. The SMILES string of the molecule is CCC(C(=O)NC1CCCCC1)N(Cc1ccc(Cl)cc1Cl)C(=O)COc1ccc2ccccc2c1Br. The molecule has 0 radical (unpaired) electrons. The molecule has 1 unspecified atom stereocenters. The lowest BCUT2D eigenvalue weighted by Crippen LogP contribution is -2.52. The van der Waals surface area contributed by atoms with E-state index >= 15 is 0 Å². The standard InChI is InChI=1S/C29H31BrCl2N2O3/c1-2-25(29(36)33-22-9-4-3-5-10-22)34(17-20-12-14-21(31)16-24(20)32)27(35)18-37-26-15-13-19-8-6-7-11-23(19)28(26)30/h6-8,11-16,22,25H,2-5,9-10,17-18H2,1H3,(H,33,36). The summed E-state index contributed by atoms with van der Waals surface area (Å²) in [6.45, 7) is 1.87. The van der Waals surface area contributed by atoms with Gasteiger partial charge < -0.3 is 15.0 Å². The molecule has 1 N–H and O–H groups in total. The Morgan fingerprint density at radius 1 is 1.08 bits per heavy atom. The van der Waals surface area contributed by atoms with Crippen molar-refractivity contribution in [2.45, 2.75) is 64.1 Å². The van der Waals surface area contributed by atoms with Gasteiger partial charge in [0.25, 0.3) is 5.91 Å². The van der Waals surface area contributed by atoms with E-state index in [9.17, 15) is 9.59 Å². The summed E-state index contributed by atoms with van der Waals surface area (Å²) in [6.07, 6.45) is 5.83. The molecule has 0 aromatic heterocycles. The van der Waals surface area contributed by atoms with E-state index in [1.807, 2.05) is 43.3 Å². The molecule has 2 amide bonds. The highest BCUT2D eigenvalue weighted by atomic mass is 79.9. The highest BCUT2D eigenvalue weighted by Gasteiger charge is 2.31. The molecule has 1 atom stereocenters. The Morgan fingerprint density at radius 3 is 2.57 bits per heavy atom. The number of halogens is 3. The molecule has 37 heavy (non-hydrogen) atoms. The Balaban J connectivity index is 1.55.